The van der Waals surface area contributed by atoms with E-state index in [4.69, 9.17) is 10.00 Å². The van der Waals surface area contributed by atoms with Gasteiger partial charge in [0.25, 0.3) is 5.91 Å². The summed E-state index contributed by atoms with van der Waals surface area (Å²) in [6.07, 6.45) is 0. The maximum Gasteiger partial charge on any atom is 0.251 e. The van der Waals surface area contributed by atoms with Crippen molar-refractivity contribution >= 4 is 5.91 Å². The zero-order valence-electron chi connectivity index (χ0n) is 15.1. The van der Waals surface area contributed by atoms with Crippen molar-refractivity contribution in [2.24, 2.45) is 0 Å². The number of aryl methyl sites for hydroxylation is 1. The molecule has 7 heteroatoms. The van der Waals surface area contributed by atoms with Crippen molar-refractivity contribution in [3.63, 3.8) is 0 Å². The first kappa shape index (κ1) is 18.0. The number of nitrogens with one attached hydrogen (secondary N) is 1. The second kappa shape index (κ2) is 7.22. The second-order valence-electron chi connectivity index (χ2n) is 5.93. The van der Waals surface area contributed by atoms with Gasteiger partial charge < -0.3 is 15.2 Å². The van der Waals surface area contributed by atoms with E-state index in [9.17, 15) is 9.90 Å². The lowest BCUT2D eigenvalue weighted by atomic mass is 10.2. The van der Waals surface area contributed by atoms with Crippen molar-refractivity contribution in [2.45, 2.75) is 13.8 Å². The normalized spacial score (nSPS) is 10.3. The van der Waals surface area contributed by atoms with Crippen LogP contribution in [0.25, 0.3) is 5.69 Å². The minimum absolute atomic E-state index is 0.102. The van der Waals surface area contributed by atoms with Crippen molar-refractivity contribution in [1.82, 2.24) is 15.1 Å². The summed E-state index contributed by atoms with van der Waals surface area (Å²) in [7, 11) is 1.58. The van der Waals surface area contributed by atoms with Crippen LogP contribution in [0, 0.1) is 25.2 Å². The van der Waals surface area contributed by atoms with Crippen LogP contribution in [-0.2, 0) is 0 Å². The smallest absolute Gasteiger partial charge is 0.251 e. The standard InChI is InChI=1S/C20H18N4O3/c1-12-19(27-17-8-5-14(6-9-17)20(26)22-3)13(2)24(23-12)16-7-4-15(11-21)18(25)10-16/h4-10,25H,1-3H3,(H,22,26). The Morgan fingerprint density at radius 1 is 1.22 bits per heavy atom. The Balaban J connectivity index is 1.91. The average molecular weight is 362 g/mol. The molecule has 3 aromatic rings. The van der Waals surface area contributed by atoms with Crippen LogP contribution >= 0.6 is 0 Å². The number of nitriles is 1. The molecule has 0 aliphatic heterocycles. The molecule has 0 atom stereocenters. The topological polar surface area (TPSA) is 100 Å². The summed E-state index contributed by atoms with van der Waals surface area (Å²) in [4.78, 5) is 11.6. The predicted molar refractivity (Wildman–Crippen MR) is 99.3 cm³/mol. The lowest BCUT2D eigenvalue weighted by Gasteiger charge is -2.08. The van der Waals surface area contributed by atoms with Crippen LogP contribution in [0.1, 0.15) is 27.3 Å². The SMILES string of the molecule is CNC(=O)c1ccc(Oc2c(C)nn(-c3ccc(C#N)c(O)c3)c2C)cc1. The number of nitrogens with zero attached hydrogens (tertiary/aromatic N) is 3. The van der Waals surface area contributed by atoms with Gasteiger partial charge in [0.2, 0.25) is 0 Å². The van der Waals surface area contributed by atoms with Crippen molar-refractivity contribution in [2.75, 3.05) is 7.05 Å². The summed E-state index contributed by atoms with van der Waals surface area (Å²) in [5, 5.41) is 25.9. The molecule has 0 unspecified atom stereocenters. The fraction of sp³-hybridized carbons (Fsp3) is 0.150. The largest absolute Gasteiger partial charge is 0.506 e. The monoisotopic (exact) mass is 362 g/mol. The Morgan fingerprint density at radius 3 is 2.52 bits per heavy atom. The summed E-state index contributed by atoms with van der Waals surface area (Å²) in [6, 6.07) is 13.5. The van der Waals surface area contributed by atoms with E-state index in [0.29, 0.717) is 28.4 Å². The van der Waals surface area contributed by atoms with Crippen molar-refractivity contribution in [1.29, 1.82) is 5.26 Å². The quantitative estimate of drug-likeness (QED) is 0.742. The molecule has 1 heterocycles. The molecule has 3 rings (SSSR count). The van der Waals surface area contributed by atoms with Crippen LogP contribution in [-0.4, -0.2) is 27.8 Å². The van der Waals surface area contributed by atoms with Crippen LogP contribution in [0.15, 0.2) is 42.5 Å². The number of phenols is 1. The van der Waals surface area contributed by atoms with Gasteiger partial charge in [-0.05, 0) is 50.2 Å². The van der Waals surface area contributed by atoms with Crippen molar-refractivity contribution < 1.29 is 14.6 Å². The number of hydrogen-bond donors (Lipinski definition) is 2. The first-order valence-corrected chi connectivity index (χ1v) is 8.24. The van der Waals surface area contributed by atoms with Gasteiger partial charge in [0, 0.05) is 18.7 Å². The molecule has 0 bridgehead atoms. The number of ether oxygens (including phenoxy) is 1. The molecule has 0 saturated heterocycles. The maximum atomic E-state index is 11.6. The van der Waals surface area contributed by atoms with E-state index in [2.05, 4.69) is 10.4 Å². The molecule has 2 aromatic carbocycles. The Hall–Kier alpha value is -3.79. The number of carbonyl (C=O) groups is 1. The molecule has 2 N–H and O–H groups in total. The van der Waals surface area contributed by atoms with E-state index in [1.807, 2.05) is 19.9 Å². The van der Waals surface area contributed by atoms with Gasteiger partial charge in [-0.3, -0.25) is 4.79 Å². The van der Waals surface area contributed by atoms with Gasteiger partial charge in [-0.2, -0.15) is 10.4 Å². The fourth-order valence-electron chi connectivity index (χ4n) is 2.71. The summed E-state index contributed by atoms with van der Waals surface area (Å²) in [5.74, 6) is 0.903. The van der Waals surface area contributed by atoms with Gasteiger partial charge in [-0.1, -0.05) is 0 Å². The van der Waals surface area contributed by atoms with Gasteiger partial charge in [0.1, 0.15) is 23.3 Å². The van der Waals surface area contributed by atoms with E-state index < -0.39 is 0 Å². The Kier molecular flexibility index (Phi) is 4.81. The molecule has 0 aliphatic rings. The predicted octanol–water partition coefficient (Wildman–Crippen LogP) is 3.22. The van der Waals surface area contributed by atoms with Crippen molar-refractivity contribution in [3.05, 3.63) is 65.0 Å². The molecule has 0 spiro atoms. The van der Waals surface area contributed by atoms with Crippen LogP contribution in [0.5, 0.6) is 17.2 Å². The van der Waals surface area contributed by atoms with E-state index >= 15 is 0 Å². The highest BCUT2D eigenvalue weighted by Gasteiger charge is 2.16. The zero-order valence-corrected chi connectivity index (χ0v) is 15.1. The van der Waals surface area contributed by atoms with E-state index in [1.165, 1.54) is 6.07 Å². The molecule has 1 aromatic heterocycles. The van der Waals surface area contributed by atoms with E-state index in [-0.39, 0.29) is 17.2 Å². The molecule has 136 valence electrons. The number of phenolic OH excluding ortho intramolecular Hbond substituents is 1. The molecule has 1 amide bonds. The van der Waals surface area contributed by atoms with Gasteiger partial charge in [0.15, 0.2) is 5.75 Å². The summed E-state index contributed by atoms with van der Waals surface area (Å²) in [5.41, 5.74) is 2.78. The third-order valence-electron chi connectivity index (χ3n) is 4.13. The molecular weight excluding hydrogens is 344 g/mol. The lowest BCUT2D eigenvalue weighted by Crippen LogP contribution is -2.17. The average Bonchev–Trinajstić information content (AvgIpc) is 2.96. The van der Waals surface area contributed by atoms with Gasteiger partial charge >= 0.3 is 0 Å². The van der Waals surface area contributed by atoms with Crippen LogP contribution in [0.3, 0.4) is 0 Å². The second-order valence-corrected chi connectivity index (χ2v) is 5.93. The highest BCUT2D eigenvalue weighted by molar-refractivity contribution is 5.94. The highest BCUT2D eigenvalue weighted by atomic mass is 16.5. The first-order valence-electron chi connectivity index (χ1n) is 8.24. The van der Waals surface area contributed by atoms with Crippen LogP contribution in [0.4, 0.5) is 0 Å². The number of carbonyl (C=O) groups excluding carboxylic acids is 1. The number of aromatic hydroxyl groups is 1. The minimum atomic E-state index is -0.164. The molecule has 0 saturated carbocycles. The molecule has 7 nitrogen and oxygen atoms in total. The summed E-state index contributed by atoms with van der Waals surface area (Å²) in [6.45, 7) is 3.67. The molecule has 27 heavy (non-hydrogen) atoms. The number of amides is 1. The number of rotatable bonds is 4. The minimum Gasteiger partial charge on any atom is -0.506 e. The van der Waals surface area contributed by atoms with Crippen LogP contribution < -0.4 is 10.1 Å². The maximum absolute atomic E-state index is 11.6. The lowest BCUT2D eigenvalue weighted by molar-refractivity contribution is 0.0963. The third kappa shape index (κ3) is 3.46. The zero-order chi connectivity index (χ0) is 19.6. The van der Waals surface area contributed by atoms with Gasteiger partial charge in [-0.25, -0.2) is 4.68 Å². The Morgan fingerprint density at radius 2 is 1.93 bits per heavy atom. The Labute approximate surface area is 156 Å². The number of benzene rings is 2. The third-order valence-corrected chi connectivity index (χ3v) is 4.13. The molecule has 0 radical (unpaired) electrons. The summed E-state index contributed by atoms with van der Waals surface area (Å²) < 4.78 is 7.60. The Bertz CT molecular complexity index is 1050. The fourth-order valence-corrected chi connectivity index (χ4v) is 2.71. The summed E-state index contributed by atoms with van der Waals surface area (Å²) >= 11 is 0. The van der Waals surface area contributed by atoms with Crippen LogP contribution in [0.2, 0.25) is 0 Å². The van der Waals surface area contributed by atoms with Gasteiger partial charge in [0.05, 0.1) is 16.9 Å². The number of aromatic nitrogens is 2. The number of hydrogen-bond acceptors (Lipinski definition) is 5. The molecule has 0 aliphatic carbocycles. The van der Waals surface area contributed by atoms with Gasteiger partial charge in [-0.15, -0.1) is 0 Å². The first-order chi connectivity index (χ1) is 12.9. The van der Waals surface area contributed by atoms with E-state index in [0.717, 1.165) is 5.69 Å². The van der Waals surface area contributed by atoms with E-state index in [1.54, 1.807) is 48.1 Å². The molecular formula is C20H18N4O3. The molecule has 0 fully saturated rings. The van der Waals surface area contributed by atoms with Crippen molar-refractivity contribution in [3.8, 4) is 29.0 Å². The highest BCUT2D eigenvalue weighted by Crippen LogP contribution is 2.31.